The van der Waals surface area contributed by atoms with Crippen LogP contribution >= 0.6 is 0 Å². The Bertz CT molecular complexity index is 706. The van der Waals surface area contributed by atoms with Gasteiger partial charge in [0.1, 0.15) is 11.3 Å². The first-order chi connectivity index (χ1) is 12.9. The van der Waals surface area contributed by atoms with Crippen LogP contribution in [0.25, 0.3) is 0 Å². The van der Waals surface area contributed by atoms with E-state index in [2.05, 4.69) is 32.8 Å². The van der Waals surface area contributed by atoms with Crippen LogP contribution in [0.4, 0.5) is 4.79 Å². The molecular formula is C21H36N4O3. The van der Waals surface area contributed by atoms with E-state index >= 15 is 0 Å². The maximum absolute atomic E-state index is 13.4. The standard InChI is InChI=1S/C21H36N4O3/c1-14(2)11-25(12-15(3)4)19(26)18-16-13-24(20(27)28-21(5,6)7)10-9-17(16)22-23(18)8/h14-15H,9-13H2,1-8H3. The van der Waals surface area contributed by atoms with Gasteiger partial charge in [-0.05, 0) is 32.6 Å². The third kappa shape index (κ3) is 5.49. The van der Waals surface area contributed by atoms with Gasteiger partial charge in [-0.1, -0.05) is 27.7 Å². The van der Waals surface area contributed by atoms with E-state index in [-0.39, 0.29) is 12.0 Å². The third-order valence-electron chi connectivity index (χ3n) is 4.51. The largest absolute Gasteiger partial charge is 0.444 e. The van der Waals surface area contributed by atoms with Crippen LogP contribution in [-0.2, 0) is 24.8 Å². The summed E-state index contributed by atoms with van der Waals surface area (Å²) in [6.07, 6.45) is 0.283. The summed E-state index contributed by atoms with van der Waals surface area (Å²) in [6, 6.07) is 0. The summed E-state index contributed by atoms with van der Waals surface area (Å²) in [7, 11) is 1.81. The van der Waals surface area contributed by atoms with Gasteiger partial charge < -0.3 is 14.5 Å². The number of aromatic nitrogens is 2. The van der Waals surface area contributed by atoms with Crippen molar-refractivity contribution in [2.24, 2.45) is 18.9 Å². The average molecular weight is 393 g/mol. The molecule has 0 fully saturated rings. The van der Waals surface area contributed by atoms with E-state index in [0.717, 1.165) is 11.3 Å². The van der Waals surface area contributed by atoms with Gasteiger partial charge in [0.05, 0.1) is 12.2 Å². The SMILES string of the molecule is CC(C)CN(CC(C)C)C(=O)c1c2c(nn1C)CCN(C(=O)OC(C)(C)C)C2. The minimum atomic E-state index is -0.545. The van der Waals surface area contributed by atoms with Crippen molar-refractivity contribution in [3.8, 4) is 0 Å². The van der Waals surface area contributed by atoms with E-state index in [9.17, 15) is 9.59 Å². The van der Waals surface area contributed by atoms with Crippen molar-refractivity contribution in [2.45, 2.75) is 67.0 Å². The van der Waals surface area contributed by atoms with E-state index in [1.54, 1.807) is 9.58 Å². The Morgan fingerprint density at radius 1 is 1.14 bits per heavy atom. The van der Waals surface area contributed by atoms with Crippen molar-refractivity contribution in [1.29, 1.82) is 0 Å². The number of carbonyl (C=O) groups is 2. The molecule has 1 aliphatic rings. The number of amides is 2. The molecule has 28 heavy (non-hydrogen) atoms. The van der Waals surface area contributed by atoms with Crippen LogP contribution in [0.2, 0.25) is 0 Å². The first kappa shape index (κ1) is 22.2. The summed E-state index contributed by atoms with van der Waals surface area (Å²) in [5, 5.41) is 4.57. The highest BCUT2D eigenvalue weighted by Gasteiger charge is 2.33. The van der Waals surface area contributed by atoms with Gasteiger partial charge in [-0.25, -0.2) is 4.79 Å². The van der Waals surface area contributed by atoms with Gasteiger partial charge in [0.25, 0.3) is 5.91 Å². The Morgan fingerprint density at radius 2 is 1.71 bits per heavy atom. The molecule has 0 saturated heterocycles. The summed E-state index contributed by atoms with van der Waals surface area (Å²) < 4.78 is 7.20. The molecular weight excluding hydrogens is 356 g/mol. The fourth-order valence-electron chi connectivity index (χ4n) is 3.52. The number of hydrogen-bond acceptors (Lipinski definition) is 4. The second-order valence-corrected chi connectivity index (χ2v) is 9.55. The number of aryl methyl sites for hydroxylation is 1. The van der Waals surface area contributed by atoms with Crippen LogP contribution < -0.4 is 0 Å². The van der Waals surface area contributed by atoms with E-state index in [1.807, 2.05) is 32.7 Å². The van der Waals surface area contributed by atoms with Gasteiger partial charge in [0.2, 0.25) is 0 Å². The molecule has 0 unspecified atom stereocenters. The molecule has 1 aliphatic heterocycles. The van der Waals surface area contributed by atoms with Gasteiger partial charge in [0.15, 0.2) is 0 Å². The lowest BCUT2D eigenvalue weighted by Crippen LogP contribution is -2.41. The number of nitrogens with zero attached hydrogens (tertiary/aromatic N) is 4. The summed E-state index contributed by atoms with van der Waals surface area (Å²) in [5.74, 6) is 0.750. The Morgan fingerprint density at radius 3 is 2.21 bits per heavy atom. The van der Waals surface area contributed by atoms with Gasteiger partial charge in [-0.3, -0.25) is 9.48 Å². The fourth-order valence-corrected chi connectivity index (χ4v) is 3.52. The maximum Gasteiger partial charge on any atom is 0.410 e. The minimum absolute atomic E-state index is 0.00955. The predicted octanol–water partition coefficient (Wildman–Crippen LogP) is 3.47. The Labute approximate surface area is 169 Å². The zero-order chi connectivity index (χ0) is 21.2. The van der Waals surface area contributed by atoms with E-state index < -0.39 is 5.60 Å². The lowest BCUT2D eigenvalue weighted by Gasteiger charge is -2.31. The number of ether oxygens (including phenoxy) is 1. The molecule has 0 atom stereocenters. The lowest BCUT2D eigenvalue weighted by molar-refractivity contribution is 0.0222. The van der Waals surface area contributed by atoms with Crippen molar-refractivity contribution in [1.82, 2.24) is 19.6 Å². The molecule has 0 saturated carbocycles. The van der Waals surface area contributed by atoms with Crippen LogP contribution in [0.15, 0.2) is 0 Å². The van der Waals surface area contributed by atoms with Crippen molar-refractivity contribution in [3.05, 3.63) is 17.0 Å². The lowest BCUT2D eigenvalue weighted by atomic mass is 10.0. The molecule has 7 nitrogen and oxygen atoms in total. The first-order valence-corrected chi connectivity index (χ1v) is 10.2. The Kier molecular flexibility index (Phi) is 6.78. The van der Waals surface area contributed by atoms with Crippen LogP contribution in [0.1, 0.15) is 70.2 Å². The summed E-state index contributed by atoms with van der Waals surface area (Å²) in [4.78, 5) is 29.5. The third-order valence-corrected chi connectivity index (χ3v) is 4.51. The van der Waals surface area contributed by atoms with Gasteiger partial charge >= 0.3 is 6.09 Å². The van der Waals surface area contributed by atoms with Crippen LogP contribution in [0, 0.1) is 11.8 Å². The molecule has 1 aromatic rings. The molecule has 2 heterocycles. The first-order valence-electron chi connectivity index (χ1n) is 10.2. The molecule has 0 radical (unpaired) electrons. The molecule has 2 rings (SSSR count). The topological polar surface area (TPSA) is 67.7 Å². The van der Waals surface area contributed by atoms with Crippen LogP contribution in [-0.4, -0.2) is 56.8 Å². The summed E-state index contributed by atoms with van der Waals surface area (Å²) >= 11 is 0. The molecule has 0 bridgehead atoms. The monoisotopic (exact) mass is 392 g/mol. The van der Waals surface area contributed by atoms with Crippen LogP contribution in [0.5, 0.6) is 0 Å². The van der Waals surface area contributed by atoms with Gasteiger partial charge in [0, 0.05) is 38.7 Å². The van der Waals surface area contributed by atoms with E-state index in [0.29, 0.717) is 50.1 Å². The van der Waals surface area contributed by atoms with E-state index in [1.165, 1.54) is 0 Å². The second kappa shape index (κ2) is 8.53. The highest BCUT2D eigenvalue weighted by atomic mass is 16.6. The molecule has 158 valence electrons. The molecule has 0 aliphatic carbocycles. The zero-order valence-corrected chi connectivity index (χ0v) is 18.7. The molecule has 0 N–H and O–H groups in total. The van der Waals surface area contributed by atoms with Crippen LogP contribution in [0.3, 0.4) is 0 Å². The normalized spacial score (nSPS) is 14.4. The predicted molar refractivity (Wildman–Crippen MR) is 109 cm³/mol. The highest BCUT2D eigenvalue weighted by molar-refractivity contribution is 5.94. The number of rotatable bonds is 5. The number of hydrogen-bond donors (Lipinski definition) is 0. The number of carbonyl (C=O) groups excluding carboxylic acids is 2. The minimum Gasteiger partial charge on any atom is -0.444 e. The molecule has 2 amide bonds. The second-order valence-electron chi connectivity index (χ2n) is 9.55. The number of fused-ring (bicyclic) bond motifs is 1. The smallest absolute Gasteiger partial charge is 0.410 e. The summed E-state index contributed by atoms with van der Waals surface area (Å²) in [6.45, 7) is 16.3. The molecule has 0 aromatic carbocycles. The van der Waals surface area contributed by atoms with Crippen molar-refractivity contribution >= 4 is 12.0 Å². The maximum atomic E-state index is 13.4. The van der Waals surface area contributed by atoms with E-state index in [4.69, 9.17) is 4.74 Å². The summed E-state index contributed by atoms with van der Waals surface area (Å²) in [5.41, 5.74) is 1.79. The zero-order valence-electron chi connectivity index (χ0n) is 18.7. The quantitative estimate of drug-likeness (QED) is 0.769. The fraction of sp³-hybridized carbons (Fsp3) is 0.762. The highest BCUT2D eigenvalue weighted by Crippen LogP contribution is 2.25. The van der Waals surface area contributed by atoms with Crippen molar-refractivity contribution in [2.75, 3.05) is 19.6 Å². The van der Waals surface area contributed by atoms with Crippen molar-refractivity contribution < 1.29 is 14.3 Å². The Hall–Kier alpha value is -2.05. The molecule has 1 aromatic heterocycles. The van der Waals surface area contributed by atoms with Gasteiger partial charge in [-0.15, -0.1) is 0 Å². The molecule has 0 spiro atoms. The van der Waals surface area contributed by atoms with Crippen molar-refractivity contribution in [3.63, 3.8) is 0 Å². The van der Waals surface area contributed by atoms with Gasteiger partial charge in [-0.2, -0.15) is 5.10 Å². The Balaban J connectivity index is 2.29. The average Bonchev–Trinajstić information content (AvgIpc) is 2.85. The molecule has 7 heteroatoms.